The maximum absolute atomic E-state index is 12.3. The van der Waals surface area contributed by atoms with E-state index in [9.17, 15) is 14.4 Å². The van der Waals surface area contributed by atoms with Gasteiger partial charge in [-0.15, -0.1) is 11.3 Å². The number of thiophene rings is 1. The topological polar surface area (TPSA) is 80.2 Å². The lowest BCUT2D eigenvalue weighted by Gasteiger charge is -2.06. The van der Waals surface area contributed by atoms with E-state index in [-0.39, 0.29) is 18.6 Å². The van der Waals surface area contributed by atoms with E-state index in [0.29, 0.717) is 10.4 Å². The van der Waals surface area contributed by atoms with Gasteiger partial charge in [0.15, 0.2) is 5.78 Å². The molecule has 0 aliphatic rings. The van der Waals surface area contributed by atoms with E-state index < -0.39 is 11.8 Å². The zero-order valence-corrected chi connectivity index (χ0v) is 15.4. The number of benzene rings is 1. The molecule has 7 heteroatoms. The number of rotatable bonds is 5. The number of hydrazine groups is 1. The van der Waals surface area contributed by atoms with Crippen LogP contribution in [0.2, 0.25) is 0 Å². The monoisotopic (exact) mass is 369 g/mol. The average Bonchev–Trinajstić information content (AvgIpc) is 3.22. The van der Waals surface area contributed by atoms with Crippen LogP contribution in [0.3, 0.4) is 0 Å². The first-order chi connectivity index (χ1) is 12.5. The van der Waals surface area contributed by atoms with Crippen molar-refractivity contribution in [3.05, 3.63) is 57.9 Å². The Bertz CT molecular complexity index is 987. The molecule has 0 atom stereocenters. The summed E-state index contributed by atoms with van der Waals surface area (Å²) in [7, 11) is 1.86. The molecule has 3 rings (SSSR count). The van der Waals surface area contributed by atoms with Crippen LogP contribution in [-0.2, 0) is 11.8 Å². The van der Waals surface area contributed by atoms with Crippen molar-refractivity contribution in [1.82, 2.24) is 15.4 Å². The smallest absolute Gasteiger partial charge is 0.271 e. The Kier molecular flexibility index (Phi) is 5.18. The molecule has 0 bridgehead atoms. The Morgan fingerprint density at radius 1 is 1.04 bits per heavy atom. The first-order valence-corrected chi connectivity index (χ1v) is 9.00. The molecule has 2 heterocycles. The van der Waals surface area contributed by atoms with Crippen molar-refractivity contribution < 1.29 is 14.4 Å². The quantitative estimate of drug-likeness (QED) is 0.536. The van der Waals surface area contributed by atoms with Crippen molar-refractivity contribution in [3.63, 3.8) is 0 Å². The number of hydrogen-bond donors (Lipinski definition) is 2. The van der Waals surface area contributed by atoms with Crippen LogP contribution in [0.4, 0.5) is 0 Å². The molecular weight excluding hydrogens is 350 g/mol. The van der Waals surface area contributed by atoms with Gasteiger partial charge in [-0.05, 0) is 25.1 Å². The molecule has 0 aliphatic heterocycles. The van der Waals surface area contributed by atoms with Crippen LogP contribution in [-0.4, -0.2) is 22.2 Å². The Labute approximate surface area is 154 Å². The first-order valence-electron chi connectivity index (χ1n) is 8.18. The second-order valence-corrected chi connectivity index (χ2v) is 7.29. The summed E-state index contributed by atoms with van der Waals surface area (Å²) in [6.45, 7) is 1.93. The average molecular weight is 369 g/mol. The third-order valence-corrected chi connectivity index (χ3v) is 5.09. The SMILES string of the molecule is Cc1ccc(C(=O)CCC(=O)NNC(=O)c2cn(C)c3ccccc23)s1. The van der Waals surface area contributed by atoms with Crippen molar-refractivity contribution in [2.24, 2.45) is 7.05 Å². The number of Topliss-reactive ketones (excluding diaryl/α,β-unsaturated/α-hetero) is 1. The number of para-hydroxylation sites is 1. The van der Waals surface area contributed by atoms with Gasteiger partial charge in [0, 0.05) is 41.9 Å². The first kappa shape index (κ1) is 17.9. The number of carbonyl (C=O) groups is 3. The molecule has 134 valence electrons. The number of aromatic nitrogens is 1. The van der Waals surface area contributed by atoms with Crippen LogP contribution in [0, 0.1) is 6.92 Å². The second-order valence-electron chi connectivity index (χ2n) is 6.01. The molecule has 1 aromatic carbocycles. The number of nitrogens with one attached hydrogen (secondary N) is 2. The van der Waals surface area contributed by atoms with Gasteiger partial charge < -0.3 is 4.57 Å². The molecule has 2 aromatic heterocycles. The van der Waals surface area contributed by atoms with E-state index >= 15 is 0 Å². The lowest BCUT2D eigenvalue weighted by molar-refractivity contribution is -0.121. The third kappa shape index (κ3) is 3.83. The Morgan fingerprint density at radius 2 is 1.81 bits per heavy atom. The maximum Gasteiger partial charge on any atom is 0.271 e. The van der Waals surface area contributed by atoms with Crippen LogP contribution in [0.1, 0.15) is 37.7 Å². The van der Waals surface area contributed by atoms with Crippen LogP contribution < -0.4 is 10.9 Å². The number of aryl methyl sites for hydroxylation is 2. The minimum absolute atomic E-state index is 0.0194. The second kappa shape index (κ2) is 7.53. The summed E-state index contributed by atoms with van der Waals surface area (Å²) in [5.74, 6) is -0.866. The minimum atomic E-state index is -0.403. The molecule has 26 heavy (non-hydrogen) atoms. The fourth-order valence-corrected chi connectivity index (χ4v) is 3.55. The summed E-state index contributed by atoms with van der Waals surface area (Å²) in [6, 6.07) is 11.2. The summed E-state index contributed by atoms with van der Waals surface area (Å²) < 4.78 is 1.85. The number of hydrogen-bond acceptors (Lipinski definition) is 4. The van der Waals surface area contributed by atoms with E-state index in [1.54, 1.807) is 12.3 Å². The zero-order valence-electron chi connectivity index (χ0n) is 14.5. The highest BCUT2D eigenvalue weighted by Crippen LogP contribution is 2.20. The van der Waals surface area contributed by atoms with Gasteiger partial charge in [-0.3, -0.25) is 25.2 Å². The van der Waals surface area contributed by atoms with E-state index in [4.69, 9.17) is 0 Å². The van der Waals surface area contributed by atoms with Gasteiger partial charge in [-0.2, -0.15) is 0 Å². The summed E-state index contributed by atoms with van der Waals surface area (Å²) in [6.07, 6.45) is 1.84. The third-order valence-electron chi connectivity index (χ3n) is 4.05. The maximum atomic E-state index is 12.3. The van der Waals surface area contributed by atoms with E-state index in [1.165, 1.54) is 11.3 Å². The molecule has 0 unspecified atom stereocenters. The molecule has 0 saturated heterocycles. The zero-order chi connectivity index (χ0) is 18.7. The standard InChI is InChI=1S/C19H19N3O3S/c1-12-7-9-17(26-12)16(23)8-10-18(24)20-21-19(25)14-11-22(2)15-6-4-3-5-13(14)15/h3-7,9,11H,8,10H2,1-2H3,(H,20,24)(H,21,25). The molecule has 0 aliphatic carbocycles. The van der Waals surface area contributed by atoms with Crippen molar-refractivity contribution in [1.29, 1.82) is 0 Å². The van der Waals surface area contributed by atoms with Gasteiger partial charge in [0.2, 0.25) is 5.91 Å². The minimum Gasteiger partial charge on any atom is -0.350 e. The van der Waals surface area contributed by atoms with Gasteiger partial charge in [0.25, 0.3) is 5.91 Å². The highest BCUT2D eigenvalue weighted by molar-refractivity contribution is 7.14. The Morgan fingerprint density at radius 3 is 2.54 bits per heavy atom. The Hall–Kier alpha value is -2.93. The van der Waals surface area contributed by atoms with Crippen LogP contribution in [0.5, 0.6) is 0 Å². The van der Waals surface area contributed by atoms with E-state index in [0.717, 1.165) is 15.8 Å². The van der Waals surface area contributed by atoms with Crippen LogP contribution >= 0.6 is 11.3 Å². The molecule has 2 N–H and O–H groups in total. The van der Waals surface area contributed by atoms with Crippen LogP contribution in [0.25, 0.3) is 10.9 Å². The lowest BCUT2D eigenvalue weighted by Crippen LogP contribution is -2.41. The molecule has 0 radical (unpaired) electrons. The predicted molar refractivity (Wildman–Crippen MR) is 101 cm³/mol. The van der Waals surface area contributed by atoms with Crippen molar-refractivity contribution >= 4 is 39.8 Å². The molecule has 2 amide bonds. The molecule has 3 aromatic rings. The van der Waals surface area contributed by atoms with Gasteiger partial charge in [-0.1, -0.05) is 18.2 Å². The largest absolute Gasteiger partial charge is 0.350 e. The lowest BCUT2D eigenvalue weighted by atomic mass is 10.1. The van der Waals surface area contributed by atoms with E-state index in [1.807, 2.05) is 48.9 Å². The highest BCUT2D eigenvalue weighted by Gasteiger charge is 2.15. The summed E-state index contributed by atoms with van der Waals surface area (Å²) in [4.78, 5) is 38.0. The summed E-state index contributed by atoms with van der Waals surface area (Å²) in [5, 5.41) is 0.810. The van der Waals surface area contributed by atoms with Gasteiger partial charge in [-0.25, -0.2) is 0 Å². The number of fused-ring (bicyclic) bond motifs is 1. The number of ketones is 1. The molecule has 6 nitrogen and oxygen atoms in total. The van der Waals surface area contributed by atoms with Gasteiger partial charge in [0.1, 0.15) is 0 Å². The number of nitrogens with zero attached hydrogens (tertiary/aromatic N) is 1. The molecule has 0 fully saturated rings. The van der Waals surface area contributed by atoms with Crippen LogP contribution in [0.15, 0.2) is 42.6 Å². The van der Waals surface area contributed by atoms with Crippen molar-refractivity contribution in [2.45, 2.75) is 19.8 Å². The predicted octanol–water partition coefficient (Wildman–Crippen LogP) is 2.97. The highest BCUT2D eigenvalue weighted by atomic mass is 32.1. The fourth-order valence-electron chi connectivity index (χ4n) is 2.71. The summed E-state index contributed by atoms with van der Waals surface area (Å²) in [5.41, 5.74) is 6.19. The summed E-state index contributed by atoms with van der Waals surface area (Å²) >= 11 is 1.41. The fraction of sp³-hybridized carbons (Fsp3) is 0.211. The molecular formula is C19H19N3O3S. The Balaban J connectivity index is 1.54. The normalized spacial score (nSPS) is 10.7. The van der Waals surface area contributed by atoms with Gasteiger partial charge >= 0.3 is 0 Å². The van der Waals surface area contributed by atoms with Crippen molar-refractivity contribution in [2.75, 3.05) is 0 Å². The van der Waals surface area contributed by atoms with E-state index in [2.05, 4.69) is 10.9 Å². The van der Waals surface area contributed by atoms with Crippen molar-refractivity contribution in [3.8, 4) is 0 Å². The molecule has 0 saturated carbocycles. The number of carbonyl (C=O) groups excluding carboxylic acids is 3. The number of amides is 2. The molecule has 0 spiro atoms. The van der Waals surface area contributed by atoms with Gasteiger partial charge in [0.05, 0.1) is 10.4 Å².